The maximum atomic E-state index is 5.94. The van der Waals surface area contributed by atoms with Crippen LogP contribution in [0, 0.1) is 6.07 Å². The fraction of sp³-hybridized carbons (Fsp3) is 0.615. The van der Waals surface area contributed by atoms with Crippen LogP contribution >= 0.6 is 0 Å². The van der Waals surface area contributed by atoms with Crippen molar-refractivity contribution in [2.45, 2.75) is 19.4 Å². The van der Waals surface area contributed by atoms with Crippen molar-refractivity contribution in [1.82, 2.24) is 4.98 Å². The summed E-state index contributed by atoms with van der Waals surface area (Å²) < 4.78 is 5.33. The molecule has 0 amide bonds. The Kier molecular flexibility index (Phi) is 4.04. The Morgan fingerprint density at radius 2 is 2.17 bits per heavy atom. The van der Waals surface area contributed by atoms with Crippen LogP contribution in [0.1, 0.15) is 13.8 Å². The SMILES string of the molecule is CC(C)(N)CNc1c[c]cc(N2CCOCC2)n1. The molecule has 2 heterocycles. The van der Waals surface area contributed by atoms with Gasteiger partial charge in [0.2, 0.25) is 0 Å². The first-order valence-electron chi connectivity index (χ1n) is 6.28. The van der Waals surface area contributed by atoms with Gasteiger partial charge in [-0.2, -0.15) is 0 Å². The lowest BCUT2D eigenvalue weighted by Gasteiger charge is -2.28. The summed E-state index contributed by atoms with van der Waals surface area (Å²) in [6, 6.07) is 6.86. The summed E-state index contributed by atoms with van der Waals surface area (Å²) in [5.41, 5.74) is 5.68. The van der Waals surface area contributed by atoms with E-state index in [4.69, 9.17) is 10.5 Å². The van der Waals surface area contributed by atoms with Crippen molar-refractivity contribution in [3.05, 3.63) is 18.2 Å². The van der Waals surface area contributed by atoms with E-state index in [9.17, 15) is 0 Å². The molecule has 1 aliphatic rings. The zero-order valence-electron chi connectivity index (χ0n) is 11.1. The fourth-order valence-electron chi connectivity index (χ4n) is 1.75. The Labute approximate surface area is 108 Å². The van der Waals surface area contributed by atoms with E-state index in [2.05, 4.69) is 21.3 Å². The van der Waals surface area contributed by atoms with Crippen LogP contribution in [0.4, 0.5) is 11.6 Å². The second-order valence-electron chi connectivity index (χ2n) is 5.25. The molecule has 1 aromatic heterocycles. The fourth-order valence-corrected chi connectivity index (χ4v) is 1.75. The van der Waals surface area contributed by atoms with Crippen LogP contribution < -0.4 is 16.0 Å². The number of rotatable bonds is 4. The Morgan fingerprint density at radius 3 is 2.83 bits per heavy atom. The van der Waals surface area contributed by atoms with Crippen molar-refractivity contribution in [2.75, 3.05) is 43.1 Å². The predicted octanol–water partition coefficient (Wildman–Crippen LogP) is 0.868. The zero-order valence-corrected chi connectivity index (χ0v) is 11.1. The van der Waals surface area contributed by atoms with Crippen molar-refractivity contribution in [1.29, 1.82) is 0 Å². The van der Waals surface area contributed by atoms with Crippen molar-refractivity contribution in [2.24, 2.45) is 5.73 Å². The van der Waals surface area contributed by atoms with Gasteiger partial charge in [0.05, 0.1) is 13.2 Å². The van der Waals surface area contributed by atoms with Gasteiger partial charge in [-0.3, -0.25) is 0 Å². The molecule has 0 atom stereocenters. The number of ether oxygens (including phenoxy) is 1. The molecule has 1 radical (unpaired) electrons. The van der Waals surface area contributed by atoms with Crippen LogP contribution in [-0.4, -0.2) is 43.4 Å². The quantitative estimate of drug-likeness (QED) is 0.829. The van der Waals surface area contributed by atoms with Crippen molar-refractivity contribution < 1.29 is 4.74 Å². The van der Waals surface area contributed by atoms with Crippen molar-refractivity contribution in [3.63, 3.8) is 0 Å². The lowest BCUT2D eigenvalue weighted by molar-refractivity contribution is 0.122. The molecule has 3 N–H and O–H groups in total. The number of morpholine rings is 1. The van der Waals surface area contributed by atoms with E-state index in [-0.39, 0.29) is 5.54 Å². The first kappa shape index (κ1) is 13.1. The minimum Gasteiger partial charge on any atom is -0.378 e. The molecule has 1 fully saturated rings. The van der Waals surface area contributed by atoms with Gasteiger partial charge in [0.15, 0.2) is 0 Å². The number of anilines is 2. The van der Waals surface area contributed by atoms with Gasteiger partial charge in [-0.15, -0.1) is 0 Å². The molecule has 5 nitrogen and oxygen atoms in total. The Balaban J connectivity index is 2.00. The van der Waals surface area contributed by atoms with Crippen LogP contribution in [-0.2, 0) is 4.74 Å². The third-order valence-electron chi connectivity index (χ3n) is 2.73. The molecule has 0 spiro atoms. The van der Waals surface area contributed by atoms with Gasteiger partial charge in [0.1, 0.15) is 11.6 Å². The van der Waals surface area contributed by atoms with Crippen LogP contribution in [0.2, 0.25) is 0 Å². The maximum Gasteiger partial charge on any atom is 0.131 e. The molecule has 0 bridgehead atoms. The van der Waals surface area contributed by atoms with Gasteiger partial charge >= 0.3 is 0 Å². The standard InChI is InChI=1S/C13H21N4O/c1-13(2,14)10-15-11-4-3-5-12(16-11)17-6-8-18-9-7-17/h4-5H,6-10,14H2,1-2H3,(H,15,16). The lowest BCUT2D eigenvalue weighted by atomic mass is 10.1. The summed E-state index contributed by atoms with van der Waals surface area (Å²) in [7, 11) is 0. The molecule has 0 aliphatic carbocycles. The van der Waals surface area contributed by atoms with E-state index < -0.39 is 0 Å². The molecule has 0 aromatic carbocycles. The van der Waals surface area contributed by atoms with Gasteiger partial charge in [0, 0.05) is 25.2 Å². The molecule has 1 aromatic rings. The number of aromatic nitrogens is 1. The Morgan fingerprint density at radius 1 is 1.44 bits per heavy atom. The van der Waals surface area contributed by atoms with E-state index in [0.717, 1.165) is 37.9 Å². The van der Waals surface area contributed by atoms with E-state index in [1.165, 1.54) is 0 Å². The highest BCUT2D eigenvalue weighted by Crippen LogP contribution is 2.15. The number of hydrogen-bond acceptors (Lipinski definition) is 5. The molecular formula is C13H21N4O. The molecule has 0 saturated carbocycles. The molecule has 2 rings (SSSR count). The number of nitrogens with two attached hydrogens (primary N) is 1. The summed E-state index contributed by atoms with van der Waals surface area (Å²) in [5, 5.41) is 3.24. The highest BCUT2D eigenvalue weighted by atomic mass is 16.5. The van der Waals surface area contributed by atoms with Gasteiger partial charge < -0.3 is 20.7 Å². The summed E-state index contributed by atoms with van der Waals surface area (Å²) >= 11 is 0. The minimum atomic E-state index is -0.253. The smallest absolute Gasteiger partial charge is 0.131 e. The van der Waals surface area contributed by atoms with Crippen LogP contribution in [0.3, 0.4) is 0 Å². The van der Waals surface area contributed by atoms with Crippen LogP contribution in [0.25, 0.3) is 0 Å². The molecule has 0 unspecified atom stereocenters. The minimum absolute atomic E-state index is 0.253. The average molecular weight is 249 g/mol. The lowest BCUT2D eigenvalue weighted by Crippen LogP contribution is -2.40. The van der Waals surface area contributed by atoms with Crippen LogP contribution in [0.15, 0.2) is 12.1 Å². The number of nitrogens with zero attached hydrogens (tertiary/aromatic N) is 2. The second-order valence-corrected chi connectivity index (χ2v) is 5.25. The third kappa shape index (κ3) is 3.85. The molecule has 1 saturated heterocycles. The number of pyridine rings is 1. The number of nitrogens with one attached hydrogen (secondary N) is 1. The normalized spacial score (nSPS) is 16.7. The van der Waals surface area contributed by atoms with Crippen molar-refractivity contribution in [3.8, 4) is 0 Å². The third-order valence-corrected chi connectivity index (χ3v) is 2.73. The van der Waals surface area contributed by atoms with E-state index >= 15 is 0 Å². The monoisotopic (exact) mass is 249 g/mol. The Hall–Kier alpha value is -1.33. The predicted molar refractivity (Wildman–Crippen MR) is 72.9 cm³/mol. The van der Waals surface area contributed by atoms with Crippen LogP contribution in [0.5, 0.6) is 0 Å². The molecule has 5 heteroatoms. The average Bonchev–Trinajstić information content (AvgIpc) is 2.37. The molecular weight excluding hydrogens is 228 g/mol. The Bertz CT molecular complexity index is 383. The molecule has 18 heavy (non-hydrogen) atoms. The van der Waals surface area contributed by atoms with E-state index in [1.807, 2.05) is 26.0 Å². The van der Waals surface area contributed by atoms with Gasteiger partial charge in [-0.05, 0) is 32.0 Å². The zero-order chi connectivity index (χ0) is 13.0. The summed E-state index contributed by atoms with van der Waals surface area (Å²) in [6.45, 7) is 7.93. The van der Waals surface area contributed by atoms with Gasteiger partial charge in [-0.1, -0.05) is 0 Å². The molecule has 1 aliphatic heterocycles. The summed E-state index contributed by atoms with van der Waals surface area (Å²) in [5.74, 6) is 1.76. The largest absolute Gasteiger partial charge is 0.378 e. The second kappa shape index (κ2) is 5.54. The van der Waals surface area contributed by atoms with Gasteiger partial charge in [0.25, 0.3) is 0 Å². The maximum absolute atomic E-state index is 5.94. The first-order valence-corrected chi connectivity index (χ1v) is 6.28. The highest BCUT2D eigenvalue weighted by Gasteiger charge is 2.14. The highest BCUT2D eigenvalue weighted by molar-refractivity contribution is 5.47. The van der Waals surface area contributed by atoms with E-state index in [0.29, 0.717) is 6.54 Å². The topological polar surface area (TPSA) is 63.4 Å². The molecule has 99 valence electrons. The van der Waals surface area contributed by atoms with Gasteiger partial charge in [-0.25, -0.2) is 4.98 Å². The van der Waals surface area contributed by atoms with Crippen molar-refractivity contribution >= 4 is 11.6 Å². The van der Waals surface area contributed by atoms with E-state index in [1.54, 1.807) is 0 Å². The summed E-state index contributed by atoms with van der Waals surface area (Å²) in [6.07, 6.45) is 0. The number of hydrogen-bond donors (Lipinski definition) is 2. The summed E-state index contributed by atoms with van der Waals surface area (Å²) in [4.78, 5) is 6.78. The first-order chi connectivity index (χ1) is 8.54.